The van der Waals surface area contributed by atoms with Crippen molar-refractivity contribution in [2.45, 2.75) is 13.5 Å². The van der Waals surface area contributed by atoms with Crippen LogP contribution >= 0.6 is 11.6 Å². The van der Waals surface area contributed by atoms with Gasteiger partial charge in [-0.3, -0.25) is 4.98 Å². The number of nitrogens with two attached hydrogens (primary N) is 1. The van der Waals surface area contributed by atoms with Crippen molar-refractivity contribution in [1.29, 1.82) is 0 Å². The second-order valence-corrected chi connectivity index (χ2v) is 5.29. The zero-order chi connectivity index (χ0) is 14.8. The molecule has 2 aromatic heterocycles. The molecule has 3 rings (SSSR count). The zero-order valence-corrected chi connectivity index (χ0v) is 12.4. The number of aromatic nitrogens is 1. The third kappa shape index (κ3) is 2.84. The van der Waals surface area contributed by atoms with Gasteiger partial charge in [0, 0.05) is 17.3 Å². The minimum atomic E-state index is 0.378. The number of aryl methyl sites for hydroxylation is 1. The molecule has 2 N–H and O–H groups in total. The lowest BCUT2D eigenvalue weighted by molar-refractivity contribution is 0.525. The van der Waals surface area contributed by atoms with Crippen molar-refractivity contribution in [3.05, 3.63) is 65.0 Å². The molecule has 4 heteroatoms. The summed E-state index contributed by atoms with van der Waals surface area (Å²) in [4.78, 5) is 4.41. The molecule has 0 bridgehead atoms. The highest BCUT2D eigenvalue weighted by Crippen LogP contribution is 2.32. The summed E-state index contributed by atoms with van der Waals surface area (Å²) in [7, 11) is 0. The third-order valence-electron chi connectivity index (χ3n) is 3.30. The Labute approximate surface area is 128 Å². The molecule has 0 amide bonds. The average Bonchev–Trinajstić information content (AvgIpc) is 2.96. The van der Waals surface area contributed by atoms with Gasteiger partial charge < -0.3 is 10.2 Å². The van der Waals surface area contributed by atoms with Crippen LogP contribution in [0.5, 0.6) is 0 Å². The summed E-state index contributed by atoms with van der Waals surface area (Å²) < 4.78 is 5.64. The molecule has 1 aromatic carbocycles. The fourth-order valence-corrected chi connectivity index (χ4v) is 2.42. The topological polar surface area (TPSA) is 52.0 Å². The molecule has 0 spiro atoms. The highest BCUT2D eigenvalue weighted by Gasteiger charge is 2.10. The van der Waals surface area contributed by atoms with Crippen molar-refractivity contribution < 1.29 is 4.42 Å². The molecule has 0 radical (unpaired) electrons. The Morgan fingerprint density at radius 2 is 2.00 bits per heavy atom. The second kappa shape index (κ2) is 5.72. The van der Waals surface area contributed by atoms with Gasteiger partial charge in [-0.25, -0.2) is 0 Å². The molecule has 0 saturated carbocycles. The molecule has 0 saturated heterocycles. The van der Waals surface area contributed by atoms with E-state index in [1.54, 1.807) is 0 Å². The number of benzene rings is 1. The number of nitrogens with zero attached hydrogens (tertiary/aromatic N) is 1. The molecule has 0 atom stereocenters. The average molecular weight is 299 g/mol. The van der Waals surface area contributed by atoms with E-state index in [1.165, 1.54) is 0 Å². The lowest BCUT2D eigenvalue weighted by atomic mass is 10.1. The number of halogens is 1. The molecule has 0 unspecified atom stereocenters. The Balaban J connectivity index is 1.97. The summed E-state index contributed by atoms with van der Waals surface area (Å²) in [6, 6.07) is 13.6. The van der Waals surface area contributed by atoms with Gasteiger partial charge in [0.15, 0.2) is 0 Å². The van der Waals surface area contributed by atoms with E-state index >= 15 is 0 Å². The van der Waals surface area contributed by atoms with Crippen LogP contribution < -0.4 is 5.73 Å². The number of hydrogen-bond acceptors (Lipinski definition) is 3. The Morgan fingerprint density at radius 3 is 2.62 bits per heavy atom. The lowest BCUT2D eigenvalue weighted by Gasteiger charge is -2.05. The fourth-order valence-electron chi connectivity index (χ4n) is 2.15. The smallest absolute Gasteiger partial charge is 0.135 e. The largest absolute Gasteiger partial charge is 0.460 e. The van der Waals surface area contributed by atoms with E-state index < -0.39 is 0 Å². The molecule has 21 heavy (non-hydrogen) atoms. The minimum absolute atomic E-state index is 0.378. The Hall–Kier alpha value is -2.10. The highest BCUT2D eigenvalue weighted by molar-refractivity contribution is 6.33. The van der Waals surface area contributed by atoms with E-state index in [-0.39, 0.29) is 0 Å². The maximum atomic E-state index is 6.38. The van der Waals surface area contributed by atoms with Crippen LogP contribution in [-0.2, 0) is 6.54 Å². The van der Waals surface area contributed by atoms with E-state index in [1.807, 2.05) is 55.6 Å². The molecule has 106 valence electrons. The molecule has 0 aliphatic heterocycles. The van der Waals surface area contributed by atoms with Crippen molar-refractivity contribution in [2.24, 2.45) is 5.73 Å². The van der Waals surface area contributed by atoms with Gasteiger partial charge >= 0.3 is 0 Å². The molecular weight excluding hydrogens is 284 g/mol. The Bertz CT molecular complexity index is 763. The maximum Gasteiger partial charge on any atom is 0.135 e. The van der Waals surface area contributed by atoms with Crippen molar-refractivity contribution in [2.75, 3.05) is 0 Å². The van der Waals surface area contributed by atoms with Gasteiger partial charge in [0.25, 0.3) is 0 Å². The monoisotopic (exact) mass is 298 g/mol. The SMILES string of the molecule is Cc1ccc(-c2ccc(-c3ccc(CN)o3)c(Cl)c2)nc1. The summed E-state index contributed by atoms with van der Waals surface area (Å²) in [6.07, 6.45) is 1.84. The summed E-state index contributed by atoms with van der Waals surface area (Å²) in [5.74, 6) is 1.47. The first-order valence-electron chi connectivity index (χ1n) is 6.69. The van der Waals surface area contributed by atoms with Gasteiger partial charge in [-0.2, -0.15) is 0 Å². The zero-order valence-electron chi connectivity index (χ0n) is 11.6. The van der Waals surface area contributed by atoms with E-state index in [9.17, 15) is 0 Å². The summed E-state index contributed by atoms with van der Waals surface area (Å²) in [6.45, 7) is 2.39. The van der Waals surface area contributed by atoms with Crippen LogP contribution in [0.2, 0.25) is 5.02 Å². The van der Waals surface area contributed by atoms with Crippen LogP contribution in [0.3, 0.4) is 0 Å². The van der Waals surface area contributed by atoms with Crippen LogP contribution in [0.15, 0.2) is 53.1 Å². The Morgan fingerprint density at radius 1 is 1.14 bits per heavy atom. The summed E-state index contributed by atoms with van der Waals surface area (Å²) in [5, 5.41) is 0.632. The first-order chi connectivity index (χ1) is 10.2. The van der Waals surface area contributed by atoms with Crippen molar-refractivity contribution in [1.82, 2.24) is 4.98 Å². The molecular formula is C17H15ClN2O. The molecule has 0 aliphatic carbocycles. The summed E-state index contributed by atoms with van der Waals surface area (Å²) in [5.41, 5.74) is 9.42. The van der Waals surface area contributed by atoms with Crippen LogP contribution in [0.1, 0.15) is 11.3 Å². The van der Waals surface area contributed by atoms with Gasteiger partial charge in [-0.05, 0) is 42.8 Å². The molecule has 3 aromatic rings. The number of pyridine rings is 1. The quantitative estimate of drug-likeness (QED) is 0.778. The first-order valence-corrected chi connectivity index (χ1v) is 7.07. The third-order valence-corrected chi connectivity index (χ3v) is 3.62. The molecule has 0 aliphatic rings. The normalized spacial score (nSPS) is 10.8. The van der Waals surface area contributed by atoms with Gasteiger partial charge in [-0.1, -0.05) is 23.7 Å². The van der Waals surface area contributed by atoms with Crippen molar-refractivity contribution in [3.63, 3.8) is 0 Å². The molecule has 3 nitrogen and oxygen atoms in total. The maximum absolute atomic E-state index is 6.38. The Kier molecular flexibility index (Phi) is 3.78. The van der Waals surface area contributed by atoms with Crippen molar-refractivity contribution in [3.8, 4) is 22.6 Å². The lowest BCUT2D eigenvalue weighted by Crippen LogP contribution is -1.92. The second-order valence-electron chi connectivity index (χ2n) is 4.89. The number of rotatable bonds is 3. The van der Waals surface area contributed by atoms with E-state index in [0.29, 0.717) is 11.6 Å². The molecule has 0 fully saturated rings. The predicted octanol–water partition coefficient (Wildman–Crippen LogP) is 4.43. The van der Waals surface area contributed by atoms with E-state index in [4.69, 9.17) is 21.8 Å². The number of furan rings is 1. The standard InChI is InChI=1S/C17H15ClN2O/c1-11-2-6-16(20-10-11)12-3-5-14(15(18)8-12)17-7-4-13(9-19)21-17/h2-8,10H,9,19H2,1H3. The fraction of sp³-hybridized carbons (Fsp3) is 0.118. The highest BCUT2D eigenvalue weighted by atomic mass is 35.5. The van der Waals surface area contributed by atoms with Crippen LogP contribution in [0.4, 0.5) is 0 Å². The van der Waals surface area contributed by atoms with Crippen LogP contribution in [0, 0.1) is 6.92 Å². The molecule has 2 heterocycles. The van der Waals surface area contributed by atoms with Gasteiger partial charge in [0.2, 0.25) is 0 Å². The number of hydrogen-bond donors (Lipinski definition) is 1. The van der Waals surface area contributed by atoms with Crippen molar-refractivity contribution >= 4 is 11.6 Å². The van der Waals surface area contributed by atoms with Gasteiger partial charge in [-0.15, -0.1) is 0 Å². The van der Waals surface area contributed by atoms with Gasteiger partial charge in [0.05, 0.1) is 17.3 Å². The summed E-state index contributed by atoms with van der Waals surface area (Å²) >= 11 is 6.38. The first kappa shape index (κ1) is 13.9. The minimum Gasteiger partial charge on any atom is -0.460 e. The predicted molar refractivity (Wildman–Crippen MR) is 85.0 cm³/mol. The van der Waals surface area contributed by atoms with Crippen LogP contribution in [-0.4, -0.2) is 4.98 Å². The van der Waals surface area contributed by atoms with Crippen LogP contribution in [0.25, 0.3) is 22.6 Å². The van der Waals surface area contributed by atoms with E-state index in [0.717, 1.165) is 33.9 Å². The van der Waals surface area contributed by atoms with E-state index in [2.05, 4.69) is 4.98 Å². The van der Waals surface area contributed by atoms with Gasteiger partial charge in [0.1, 0.15) is 11.5 Å².